The lowest BCUT2D eigenvalue weighted by Gasteiger charge is -2.26. The SMILES string of the molecule is CCCN(CC(C)C(=O)O)c1ccc(CC(=O)O)cc1. The largest absolute Gasteiger partial charge is 0.481 e. The Morgan fingerprint density at radius 3 is 2.25 bits per heavy atom. The zero-order valence-corrected chi connectivity index (χ0v) is 11.9. The summed E-state index contributed by atoms with van der Waals surface area (Å²) < 4.78 is 0. The van der Waals surface area contributed by atoms with Gasteiger partial charge in [0.25, 0.3) is 0 Å². The number of anilines is 1. The Balaban J connectivity index is 2.80. The number of rotatable bonds is 8. The van der Waals surface area contributed by atoms with Gasteiger partial charge < -0.3 is 15.1 Å². The highest BCUT2D eigenvalue weighted by atomic mass is 16.4. The number of hydrogen-bond donors (Lipinski definition) is 2. The Labute approximate surface area is 118 Å². The molecule has 0 aliphatic carbocycles. The molecule has 5 heteroatoms. The van der Waals surface area contributed by atoms with Gasteiger partial charge in [-0.3, -0.25) is 9.59 Å². The predicted octanol–water partition coefficient (Wildman–Crippen LogP) is 2.25. The molecule has 20 heavy (non-hydrogen) atoms. The Morgan fingerprint density at radius 2 is 1.80 bits per heavy atom. The van der Waals surface area contributed by atoms with Gasteiger partial charge in [0.2, 0.25) is 0 Å². The van der Waals surface area contributed by atoms with Gasteiger partial charge in [0.1, 0.15) is 0 Å². The molecule has 0 heterocycles. The van der Waals surface area contributed by atoms with Gasteiger partial charge in [0.15, 0.2) is 0 Å². The first-order valence-electron chi connectivity index (χ1n) is 6.72. The number of benzene rings is 1. The first-order chi connectivity index (χ1) is 9.43. The maximum atomic E-state index is 11.0. The van der Waals surface area contributed by atoms with Gasteiger partial charge in [-0.15, -0.1) is 0 Å². The van der Waals surface area contributed by atoms with Crippen molar-refractivity contribution in [1.82, 2.24) is 0 Å². The summed E-state index contributed by atoms with van der Waals surface area (Å²) in [5.74, 6) is -2.11. The van der Waals surface area contributed by atoms with Crippen molar-refractivity contribution in [2.75, 3.05) is 18.0 Å². The zero-order chi connectivity index (χ0) is 15.1. The Bertz CT molecular complexity index is 455. The van der Waals surface area contributed by atoms with Crippen LogP contribution in [0.25, 0.3) is 0 Å². The van der Waals surface area contributed by atoms with Gasteiger partial charge in [-0.1, -0.05) is 26.0 Å². The van der Waals surface area contributed by atoms with E-state index in [2.05, 4.69) is 0 Å². The van der Waals surface area contributed by atoms with Crippen molar-refractivity contribution in [3.8, 4) is 0 Å². The van der Waals surface area contributed by atoms with E-state index >= 15 is 0 Å². The molecule has 0 bridgehead atoms. The summed E-state index contributed by atoms with van der Waals surface area (Å²) in [6, 6.07) is 7.25. The fourth-order valence-electron chi connectivity index (χ4n) is 2.00. The average molecular weight is 279 g/mol. The number of hydrogen-bond acceptors (Lipinski definition) is 3. The van der Waals surface area contributed by atoms with Crippen molar-refractivity contribution in [3.05, 3.63) is 29.8 Å². The standard InChI is InChI=1S/C15H21NO4/c1-3-8-16(10-11(2)15(19)20)13-6-4-12(5-7-13)9-14(17)18/h4-7,11H,3,8-10H2,1-2H3,(H,17,18)(H,19,20). The lowest BCUT2D eigenvalue weighted by Crippen LogP contribution is -2.32. The van der Waals surface area contributed by atoms with Crippen LogP contribution in [0, 0.1) is 5.92 Å². The molecule has 110 valence electrons. The van der Waals surface area contributed by atoms with Gasteiger partial charge in [-0.05, 0) is 24.1 Å². The molecule has 0 spiro atoms. The molecule has 1 aromatic rings. The first-order valence-corrected chi connectivity index (χ1v) is 6.72. The third kappa shape index (κ3) is 4.91. The van der Waals surface area contributed by atoms with Crippen molar-refractivity contribution in [2.24, 2.45) is 5.92 Å². The molecule has 1 aromatic carbocycles. The molecular weight excluding hydrogens is 258 g/mol. The molecule has 0 fully saturated rings. The van der Waals surface area contributed by atoms with Gasteiger partial charge in [0, 0.05) is 18.8 Å². The summed E-state index contributed by atoms with van der Waals surface area (Å²) in [5.41, 5.74) is 1.66. The molecule has 0 radical (unpaired) electrons. The van der Waals surface area contributed by atoms with Crippen LogP contribution in [0.3, 0.4) is 0 Å². The quantitative estimate of drug-likeness (QED) is 0.763. The van der Waals surface area contributed by atoms with Crippen LogP contribution in [0.1, 0.15) is 25.8 Å². The molecule has 0 aliphatic rings. The Morgan fingerprint density at radius 1 is 1.20 bits per heavy atom. The summed E-state index contributed by atoms with van der Waals surface area (Å²) in [5, 5.41) is 17.7. The van der Waals surface area contributed by atoms with Crippen molar-refractivity contribution < 1.29 is 19.8 Å². The van der Waals surface area contributed by atoms with Crippen LogP contribution in [0.2, 0.25) is 0 Å². The van der Waals surface area contributed by atoms with Crippen LogP contribution in [-0.2, 0) is 16.0 Å². The number of nitrogens with zero attached hydrogens (tertiary/aromatic N) is 1. The molecule has 0 saturated carbocycles. The topological polar surface area (TPSA) is 77.8 Å². The second-order valence-corrected chi connectivity index (χ2v) is 4.92. The third-order valence-corrected chi connectivity index (χ3v) is 3.07. The van der Waals surface area contributed by atoms with E-state index in [1.54, 1.807) is 19.1 Å². The van der Waals surface area contributed by atoms with E-state index in [9.17, 15) is 9.59 Å². The lowest BCUT2D eigenvalue weighted by molar-refractivity contribution is -0.141. The maximum Gasteiger partial charge on any atom is 0.308 e. The average Bonchev–Trinajstić information content (AvgIpc) is 2.38. The molecular formula is C15H21NO4. The molecule has 1 unspecified atom stereocenters. The fraction of sp³-hybridized carbons (Fsp3) is 0.467. The van der Waals surface area contributed by atoms with E-state index in [4.69, 9.17) is 10.2 Å². The predicted molar refractivity (Wildman–Crippen MR) is 77.1 cm³/mol. The van der Waals surface area contributed by atoms with Gasteiger partial charge in [-0.25, -0.2) is 0 Å². The van der Waals surface area contributed by atoms with E-state index < -0.39 is 17.9 Å². The Kier molecular flexibility index (Phi) is 6.03. The third-order valence-electron chi connectivity index (χ3n) is 3.07. The second kappa shape index (κ2) is 7.53. The van der Waals surface area contributed by atoms with E-state index in [-0.39, 0.29) is 6.42 Å². The van der Waals surface area contributed by atoms with E-state index in [1.807, 2.05) is 24.0 Å². The number of carbonyl (C=O) groups is 2. The van der Waals surface area contributed by atoms with Crippen LogP contribution in [-0.4, -0.2) is 35.2 Å². The monoisotopic (exact) mass is 279 g/mol. The lowest BCUT2D eigenvalue weighted by atomic mass is 10.1. The van der Waals surface area contributed by atoms with Crippen LogP contribution < -0.4 is 4.90 Å². The van der Waals surface area contributed by atoms with Crippen LogP contribution in [0.5, 0.6) is 0 Å². The highest BCUT2D eigenvalue weighted by molar-refractivity contribution is 5.71. The van der Waals surface area contributed by atoms with Gasteiger partial charge in [-0.2, -0.15) is 0 Å². The molecule has 0 amide bonds. The molecule has 5 nitrogen and oxygen atoms in total. The molecule has 1 atom stereocenters. The normalized spacial score (nSPS) is 11.9. The molecule has 0 aliphatic heterocycles. The summed E-state index contributed by atoms with van der Waals surface area (Å²) in [4.78, 5) is 23.6. The van der Waals surface area contributed by atoms with Crippen LogP contribution in [0.15, 0.2) is 24.3 Å². The van der Waals surface area contributed by atoms with Gasteiger partial charge in [0.05, 0.1) is 12.3 Å². The number of aliphatic carboxylic acids is 2. The van der Waals surface area contributed by atoms with Gasteiger partial charge >= 0.3 is 11.9 Å². The summed E-state index contributed by atoms with van der Waals surface area (Å²) in [7, 11) is 0. The molecule has 0 aromatic heterocycles. The van der Waals surface area contributed by atoms with E-state index in [0.717, 1.165) is 24.2 Å². The summed E-state index contributed by atoms with van der Waals surface area (Å²) in [6.45, 7) is 4.94. The highest BCUT2D eigenvalue weighted by Gasteiger charge is 2.16. The van der Waals surface area contributed by atoms with Crippen molar-refractivity contribution in [1.29, 1.82) is 0 Å². The van der Waals surface area contributed by atoms with Crippen LogP contribution in [0.4, 0.5) is 5.69 Å². The Hall–Kier alpha value is -2.04. The number of carboxylic acids is 2. The second-order valence-electron chi connectivity index (χ2n) is 4.92. The molecule has 0 saturated heterocycles. The number of carboxylic acid groups (broad SMARTS) is 2. The van der Waals surface area contributed by atoms with Crippen molar-refractivity contribution in [2.45, 2.75) is 26.7 Å². The summed E-state index contributed by atoms with van der Waals surface area (Å²) in [6.07, 6.45) is 0.919. The molecule has 2 N–H and O–H groups in total. The van der Waals surface area contributed by atoms with Crippen LogP contribution >= 0.6 is 0 Å². The highest BCUT2D eigenvalue weighted by Crippen LogP contribution is 2.18. The maximum absolute atomic E-state index is 11.0. The summed E-state index contributed by atoms with van der Waals surface area (Å²) >= 11 is 0. The molecule has 1 rings (SSSR count). The van der Waals surface area contributed by atoms with E-state index in [0.29, 0.717) is 6.54 Å². The minimum Gasteiger partial charge on any atom is -0.481 e. The smallest absolute Gasteiger partial charge is 0.308 e. The van der Waals surface area contributed by atoms with E-state index in [1.165, 1.54) is 0 Å². The minimum atomic E-state index is -0.859. The minimum absolute atomic E-state index is 0.000410. The first kappa shape index (κ1) is 16.0. The van der Waals surface area contributed by atoms with Crippen molar-refractivity contribution in [3.63, 3.8) is 0 Å². The van der Waals surface area contributed by atoms with Crippen molar-refractivity contribution >= 4 is 17.6 Å². The fourth-order valence-corrected chi connectivity index (χ4v) is 2.00. The zero-order valence-electron chi connectivity index (χ0n) is 11.9.